The van der Waals surface area contributed by atoms with Gasteiger partial charge in [-0.25, -0.2) is 0 Å². The second kappa shape index (κ2) is 9.43. The van der Waals surface area contributed by atoms with Crippen LogP contribution in [0.15, 0.2) is 0 Å². The maximum Gasteiger partial charge on any atom is 0.300 e. The van der Waals surface area contributed by atoms with Gasteiger partial charge in [0.1, 0.15) is 0 Å². The van der Waals surface area contributed by atoms with E-state index in [9.17, 15) is 0 Å². The maximum atomic E-state index is 9.00. The van der Waals surface area contributed by atoms with Gasteiger partial charge in [0, 0.05) is 13.0 Å². The summed E-state index contributed by atoms with van der Waals surface area (Å²) in [6.45, 7) is 8.69. The molecule has 0 aliphatic carbocycles. The van der Waals surface area contributed by atoms with E-state index < -0.39 is 5.97 Å². The number of hydrogen-bond acceptors (Lipinski definition) is 2. The fourth-order valence-corrected chi connectivity index (χ4v) is 0.493. The number of carboxylic acids is 1. The number of rotatable bonds is 3. The molecule has 3 nitrogen and oxygen atoms in total. The first kappa shape index (κ1) is 13.1. The number of nitrogens with one attached hydrogen (secondary N) is 1. The van der Waals surface area contributed by atoms with Crippen LogP contribution in [-0.2, 0) is 4.79 Å². The molecule has 0 aromatic heterocycles. The normalized spacial score (nSPS) is 11.3. The SMILES string of the molecule is CC(=O)O.CCNC(C)CC. The van der Waals surface area contributed by atoms with Gasteiger partial charge in [0.2, 0.25) is 0 Å². The van der Waals surface area contributed by atoms with E-state index in [0.29, 0.717) is 6.04 Å². The second-order valence-electron chi connectivity index (χ2n) is 2.39. The van der Waals surface area contributed by atoms with E-state index in [0.717, 1.165) is 13.5 Å². The smallest absolute Gasteiger partial charge is 0.300 e. The highest BCUT2D eigenvalue weighted by molar-refractivity contribution is 5.62. The van der Waals surface area contributed by atoms with Crippen LogP contribution in [0.4, 0.5) is 0 Å². The summed E-state index contributed by atoms with van der Waals surface area (Å²) in [5.74, 6) is -0.833. The van der Waals surface area contributed by atoms with Crippen LogP contribution in [0, 0.1) is 0 Å². The van der Waals surface area contributed by atoms with Crippen LogP contribution < -0.4 is 5.32 Å². The number of carbonyl (C=O) groups is 1. The Hall–Kier alpha value is -0.570. The van der Waals surface area contributed by atoms with E-state index in [-0.39, 0.29) is 0 Å². The van der Waals surface area contributed by atoms with Crippen LogP contribution >= 0.6 is 0 Å². The molecule has 0 fully saturated rings. The van der Waals surface area contributed by atoms with Crippen molar-refractivity contribution in [3.05, 3.63) is 0 Å². The quantitative estimate of drug-likeness (QED) is 0.659. The monoisotopic (exact) mass is 161 g/mol. The Morgan fingerprint density at radius 2 is 1.91 bits per heavy atom. The molecule has 0 saturated heterocycles. The molecule has 0 radical (unpaired) electrons. The molecule has 1 unspecified atom stereocenters. The summed E-state index contributed by atoms with van der Waals surface area (Å²) in [7, 11) is 0. The first-order valence-corrected chi connectivity index (χ1v) is 3.97. The molecule has 68 valence electrons. The van der Waals surface area contributed by atoms with E-state index in [1.807, 2.05) is 0 Å². The highest BCUT2D eigenvalue weighted by atomic mass is 16.4. The summed E-state index contributed by atoms with van der Waals surface area (Å²) in [4.78, 5) is 9.00. The van der Waals surface area contributed by atoms with Crippen LogP contribution in [0.1, 0.15) is 34.1 Å². The molecular formula is C8H19NO2. The average Bonchev–Trinajstić information content (AvgIpc) is 1.87. The molecule has 0 spiro atoms. The van der Waals surface area contributed by atoms with Crippen molar-refractivity contribution < 1.29 is 9.90 Å². The fraction of sp³-hybridized carbons (Fsp3) is 0.875. The minimum absolute atomic E-state index is 0.699. The number of aliphatic carboxylic acids is 1. The zero-order valence-electron chi connectivity index (χ0n) is 7.85. The minimum Gasteiger partial charge on any atom is -0.481 e. The van der Waals surface area contributed by atoms with Gasteiger partial charge < -0.3 is 10.4 Å². The summed E-state index contributed by atoms with van der Waals surface area (Å²) in [5.41, 5.74) is 0. The van der Waals surface area contributed by atoms with E-state index in [2.05, 4.69) is 26.1 Å². The largest absolute Gasteiger partial charge is 0.481 e. The molecule has 0 rings (SSSR count). The van der Waals surface area contributed by atoms with Crippen molar-refractivity contribution in [1.29, 1.82) is 0 Å². The third-order valence-corrected chi connectivity index (χ3v) is 1.16. The Morgan fingerprint density at radius 1 is 1.55 bits per heavy atom. The van der Waals surface area contributed by atoms with Crippen LogP contribution in [-0.4, -0.2) is 23.7 Å². The molecule has 0 aliphatic heterocycles. The summed E-state index contributed by atoms with van der Waals surface area (Å²) in [6, 6.07) is 0.699. The topological polar surface area (TPSA) is 49.3 Å². The van der Waals surface area contributed by atoms with Crippen molar-refractivity contribution >= 4 is 5.97 Å². The Balaban J connectivity index is 0. The van der Waals surface area contributed by atoms with Crippen molar-refractivity contribution in [3.8, 4) is 0 Å². The van der Waals surface area contributed by atoms with E-state index in [1.165, 1.54) is 6.42 Å². The summed E-state index contributed by atoms with van der Waals surface area (Å²) in [6.07, 6.45) is 1.23. The van der Waals surface area contributed by atoms with Crippen LogP contribution in [0.3, 0.4) is 0 Å². The maximum absolute atomic E-state index is 9.00. The number of carboxylic acid groups (broad SMARTS) is 1. The van der Waals surface area contributed by atoms with Gasteiger partial charge in [-0.2, -0.15) is 0 Å². The van der Waals surface area contributed by atoms with Crippen LogP contribution in [0.2, 0.25) is 0 Å². The molecule has 0 heterocycles. The van der Waals surface area contributed by atoms with E-state index >= 15 is 0 Å². The Morgan fingerprint density at radius 3 is 2.00 bits per heavy atom. The van der Waals surface area contributed by atoms with Gasteiger partial charge in [-0.15, -0.1) is 0 Å². The predicted molar refractivity (Wildman–Crippen MR) is 46.7 cm³/mol. The van der Waals surface area contributed by atoms with E-state index in [4.69, 9.17) is 9.90 Å². The highest BCUT2D eigenvalue weighted by Crippen LogP contribution is 1.84. The lowest BCUT2D eigenvalue weighted by Gasteiger charge is -2.06. The average molecular weight is 161 g/mol. The lowest BCUT2D eigenvalue weighted by molar-refractivity contribution is -0.134. The van der Waals surface area contributed by atoms with Gasteiger partial charge in [-0.05, 0) is 19.9 Å². The molecule has 0 bridgehead atoms. The first-order chi connectivity index (χ1) is 5.04. The molecule has 0 aromatic rings. The molecule has 3 heteroatoms. The van der Waals surface area contributed by atoms with Crippen LogP contribution in [0.5, 0.6) is 0 Å². The highest BCUT2D eigenvalue weighted by Gasteiger charge is 1.90. The van der Waals surface area contributed by atoms with Crippen molar-refractivity contribution in [2.24, 2.45) is 0 Å². The second-order valence-corrected chi connectivity index (χ2v) is 2.39. The summed E-state index contributed by atoms with van der Waals surface area (Å²) in [5, 5.41) is 10.7. The zero-order chi connectivity index (χ0) is 9.28. The van der Waals surface area contributed by atoms with Gasteiger partial charge in [0.05, 0.1) is 0 Å². The molecular weight excluding hydrogens is 142 g/mol. The van der Waals surface area contributed by atoms with Crippen LogP contribution in [0.25, 0.3) is 0 Å². The first-order valence-electron chi connectivity index (χ1n) is 3.97. The Kier molecular flexibility index (Phi) is 11.2. The summed E-state index contributed by atoms with van der Waals surface area (Å²) < 4.78 is 0. The van der Waals surface area contributed by atoms with Gasteiger partial charge in [-0.3, -0.25) is 4.79 Å². The Labute approximate surface area is 68.8 Å². The molecule has 0 amide bonds. The van der Waals surface area contributed by atoms with Crippen molar-refractivity contribution in [3.63, 3.8) is 0 Å². The van der Waals surface area contributed by atoms with Gasteiger partial charge in [-0.1, -0.05) is 13.8 Å². The van der Waals surface area contributed by atoms with Gasteiger partial charge in [0.25, 0.3) is 5.97 Å². The third kappa shape index (κ3) is 26.5. The fourth-order valence-electron chi connectivity index (χ4n) is 0.493. The summed E-state index contributed by atoms with van der Waals surface area (Å²) >= 11 is 0. The minimum atomic E-state index is -0.833. The number of hydrogen-bond donors (Lipinski definition) is 2. The van der Waals surface area contributed by atoms with Crippen molar-refractivity contribution in [1.82, 2.24) is 5.32 Å². The lowest BCUT2D eigenvalue weighted by Crippen LogP contribution is -2.24. The molecule has 11 heavy (non-hydrogen) atoms. The van der Waals surface area contributed by atoms with Crippen molar-refractivity contribution in [2.75, 3.05) is 6.54 Å². The molecule has 0 saturated carbocycles. The van der Waals surface area contributed by atoms with Gasteiger partial charge >= 0.3 is 0 Å². The molecule has 0 aromatic carbocycles. The molecule has 1 atom stereocenters. The van der Waals surface area contributed by atoms with Gasteiger partial charge in [0.15, 0.2) is 0 Å². The third-order valence-electron chi connectivity index (χ3n) is 1.16. The Bertz CT molecular complexity index is 90.1. The standard InChI is InChI=1S/C6H15N.C2H4O2/c1-4-6(3)7-5-2;1-2(3)4/h6-7H,4-5H2,1-3H3;1H3,(H,3,4). The zero-order valence-corrected chi connectivity index (χ0v) is 7.85. The molecule has 2 N–H and O–H groups in total. The van der Waals surface area contributed by atoms with E-state index in [1.54, 1.807) is 0 Å². The molecule has 0 aliphatic rings. The lowest BCUT2D eigenvalue weighted by atomic mass is 10.3. The van der Waals surface area contributed by atoms with Crippen molar-refractivity contribution in [2.45, 2.75) is 40.2 Å². The predicted octanol–water partition coefficient (Wildman–Crippen LogP) is 1.49.